The number of rotatable bonds is 10. The molecular weight excluding hydrogens is 314 g/mol. The standard InChI is InChI=1S/C19H37N5O/c1-8-16(9-2)18-12-17(25-23-18)13-22-19(20-7)21-10-11-24(14(3)4)15(5)6/h12,14-16H,8-11,13H2,1-7H3,(H2,20,21,22). The van der Waals surface area contributed by atoms with Crippen LogP contribution in [0.2, 0.25) is 0 Å². The summed E-state index contributed by atoms with van der Waals surface area (Å²) < 4.78 is 5.45. The van der Waals surface area contributed by atoms with Gasteiger partial charge in [0.25, 0.3) is 0 Å². The molecule has 0 aliphatic heterocycles. The minimum absolute atomic E-state index is 0.480. The summed E-state index contributed by atoms with van der Waals surface area (Å²) in [4.78, 5) is 6.73. The Bertz CT molecular complexity index is 498. The highest BCUT2D eigenvalue weighted by Gasteiger charge is 2.14. The van der Waals surface area contributed by atoms with Crippen molar-refractivity contribution in [2.24, 2.45) is 4.99 Å². The zero-order chi connectivity index (χ0) is 18.8. The molecule has 0 saturated heterocycles. The maximum absolute atomic E-state index is 5.45. The van der Waals surface area contributed by atoms with Crippen LogP contribution in [0.25, 0.3) is 0 Å². The summed E-state index contributed by atoms with van der Waals surface area (Å²) in [6, 6.07) is 3.13. The molecule has 1 heterocycles. The lowest BCUT2D eigenvalue weighted by Gasteiger charge is -2.30. The first kappa shape index (κ1) is 21.5. The number of nitrogens with one attached hydrogen (secondary N) is 2. The van der Waals surface area contributed by atoms with Crippen LogP contribution >= 0.6 is 0 Å². The third-order valence-electron chi connectivity index (χ3n) is 4.62. The zero-order valence-corrected chi connectivity index (χ0v) is 17.1. The van der Waals surface area contributed by atoms with E-state index in [9.17, 15) is 0 Å². The van der Waals surface area contributed by atoms with E-state index in [1.54, 1.807) is 7.05 Å². The van der Waals surface area contributed by atoms with Crippen molar-refractivity contribution < 1.29 is 4.52 Å². The van der Waals surface area contributed by atoms with Crippen LogP contribution < -0.4 is 10.6 Å². The maximum atomic E-state index is 5.45. The van der Waals surface area contributed by atoms with Crippen molar-refractivity contribution in [2.75, 3.05) is 20.1 Å². The zero-order valence-electron chi connectivity index (χ0n) is 17.1. The Kier molecular flexibility index (Phi) is 9.57. The molecule has 2 N–H and O–H groups in total. The lowest BCUT2D eigenvalue weighted by Crippen LogP contribution is -2.45. The molecule has 0 amide bonds. The summed E-state index contributed by atoms with van der Waals surface area (Å²) in [6.07, 6.45) is 2.17. The van der Waals surface area contributed by atoms with Crippen LogP contribution in [0.4, 0.5) is 0 Å². The monoisotopic (exact) mass is 351 g/mol. The van der Waals surface area contributed by atoms with Gasteiger partial charge in [0.1, 0.15) is 0 Å². The van der Waals surface area contributed by atoms with Crippen molar-refractivity contribution in [3.63, 3.8) is 0 Å². The Balaban J connectivity index is 2.44. The van der Waals surface area contributed by atoms with Gasteiger partial charge in [-0.3, -0.25) is 9.89 Å². The van der Waals surface area contributed by atoms with E-state index in [2.05, 4.69) is 73.3 Å². The normalized spacial score (nSPS) is 12.7. The Morgan fingerprint density at radius 2 is 1.80 bits per heavy atom. The van der Waals surface area contributed by atoms with E-state index in [1.165, 1.54) is 0 Å². The van der Waals surface area contributed by atoms with Crippen LogP contribution in [-0.4, -0.2) is 48.2 Å². The smallest absolute Gasteiger partial charge is 0.191 e. The molecule has 25 heavy (non-hydrogen) atoms. The highest BCUT2D eigenvalue weighted by molar-refractivity contribution is 5.79. The van der Waals surface area contributed by atoms with E-state index in [0.717, 1.165) is 43.3 Å². The molecule has 0 unspecified atom stereocenters. The SMILES string of the molecule is CCC(CC)c1cc(CNC(=NC)NCCN(C(C)C)C(C)C)on1. The first-order chi connectivity index (χ1) is 11.9. The molecule has 0 aliphatic rings. The van der Waals surface area contributed by atoms with Crippen molar-refractivity contribution in [1.29, 1.82) is 0 Å². The molecule has 0 aliphatic carbocycles. The fraction of sp³-hybridized carbons (Fsp3) is 0.789. The van der Waals surface area contributed by atoms with Crippen molar-refractivity contribution in [2.45, 2.75) is 78.9 Å². The van der Waals surface area contributed by atoms with Gasteiger partial charge in [0, 0.05) is 44.2 Å². The number of guanidine groups is 1. The Labute approximate surface area is 153 Å². The maximum Gasteiger partial charge on any atom is 0.191 e. The number of nitrogens with zero attached hydrogens (tertiary/aromatic N) is 3. The number of aliphatic imine (C=N–C) groups is 1. The van der Waals surface area contributed by atoms with Crippen LogP contribution in [0.5, 0.6) is 0 Å². The first-order valence-electron chi connectivity index (χ1n) is 9.58. The van der Waals surface area contributed by atoms with E-state index in [1.807, 2.05) is 0 Å². The Hall–Kier alpha value is -1.56. The predicted octanol–water partition coefficient (Wildman–Crippen LogP) is 3.36. The minimum Gasteiger partial charge on any atom is -0.359 e. The summed E-state index contributed by atoms with van der Waals surface area (Å²) >= 11 is 0. The summed E-state index contributed by atoms with van der Waals surface area (Å²) in [7, 11) is 1.79. The molecule has 1 aromatic rings. The molecule has 1 aromatic heterocycles. The van der Waals surface area contributed by atoms with Gasteiger partial charge in [-0.2, -0.15) is 0 Å². The number of aromatic nitrogens is 1. The van der Waals surface area contributed by atoms with E-state index in [-0.39, 0.29) is 0 Å². The molecule has 1 rings (SSSR count). The van der Waals surface area contributed by atoms with E-state index >= 15 is 0 Å². The van der Waals surface area contributed by atoms with Gasteiger partial charge in [-0.15, -0.1) is 0 Å². The lowest BCUT2D eigenvalue weighted by atomic mass is 9.99. The highest BCUT2D eigenvalue weighted by atomic mass is 16.5. The third kappa shape index (κ3) is 7.06. The van der Waals surface area contributed by atoms with Gasteiger partial charge >= 0.3 is 0 Å². The molecule has 0 radical (unpaired) electrons. The predicted molar refractivity (Wildman–Crippen MR) is 105 cm³/mol. The third-order valence-corrected chi connectivity index (χ3v) is 4.62. The van der Waals surface area contributed by atoms with Gasteiger partial charge in [0.15, 0.2) is 11.7 Å². The number of hydrogen-bond acceptors (Lipinski definition) is 4. The van der Waals surface area contributed by atoms with Gasteiger partial charge in [-0.1, -0.05) is 19.0 Å². The largest absolute Gasteiger partial charge is 0.359 e. The van der Waals surface area contributed by atoms with Gasteiger partial charge < -0.3 is 15.2 Å². The molecule has 0 fully saturated rings. The summed E-state index contributed by atoms with van der Waals surface area (Å²) in [5.74, 6) is 2.11. The molecule has 6 heteroatoms. The topological polar surface area (TPSA) is 65.7 Å². The molecule has 0 aromatic carbocycles. The van der Waals surface area contributed by atoms with Crippen molar-refractivity contribution in [1.82, 2.24) is 20.7 Å². The first-order valence-corrected chi connectivity index (χ1v) is 9.58. The van der Waals surface area contributed by atoms with Gasteiger partial charge in [0.05, 0.1) is 12.2 Å². The summed E-state index contributed by atoms with van der Waals surface area (Å²) in [5, 5.41) is 10.9. The fourth-order valence-corrected chi connectivity index (χ4v) is 3.12. The van der Waals surface area contributed by atoms with Crippen molar-refractivity contribution in [3.8, 4) is 0 Å². The van der Waals surface area contributed by atoms with Gasteiger partial charge in [-0.05, 0) is 40.5 Å². The second-order valence-corrected chi connectivity index (χ2v) is 7.01. The molecule has 0 atom stereocenters. The average Bonchev–Trinajstić information content (AvgIpc) is 3.03. The number of hydrogen-bond donors (Lipinski definition) is 2. The van der Waals surface area contributed by atoms with Crippen LogP contribution in [0, 0.1) is 0 Å². The highest BCUT2D eigenvalue weighted by Crippen LogP contribution is 2.22. The van der Waals surface area contributed by atoms with Crippen molar-refractivity contribution in [3.05, 3.63) is 17.5 Å². The average molecular weight is 352 g/mol. The molecule has 0 saturated carbocycles. The molecule has 0 spiro atoms. The van der Waals surface area contributed by atoms with Gasteiger partial charge in [0.2, 0.25) is 0 Å². The van der Waals surface area contributed by atoms with Crippen LogP contribution in [0.1, 0.15) is 71.8 Å². The fourth-order valence-electron chi connectivity index (χ4n) is 3.12. The second-order valence-electron chi connectivity index (χ2n) is 7.01. The Morgan fingerprint density at radius 3 is 2.32 bits per heavy atom. The van der Waals surface area contributed by atoms with E-state index < -0.39 is 0 Å². The minimum atomic E-state index is 0.480. The summed E-state index contributed by atoms with van der Waals surface area (Å²) in [6.45, 7) is 15.7. The van der Waals surface area contributed by atoms with E-state index in [4.69, 9.17) is 4.52 Å². The molecule has 144 valence electrons. The van der Waals surface area contributed by atoms with Crippen LogP contribution in [0.3, 0.4) is 0 Å². The molecule has 6 nitrogen and oxygen atoms in total. The van der Waals surface area contributed by atoms with Crippen LogP contribution in [0.15, 0.2) is 15.6 Å². The Morgan fingerprint density at radius 1 is 1.16 bits per heavy atom. The van der Waals surface area contributed by atoms with Gasteiger partial charge in [-0.25, -0.2) is 0 Å². The van der Waals surface area contributed by atoms with Crippen LogP contribution in [-0.2, 0) is 6.54 Å². The summed E-state index contributed by atoms with van der Waals surface area (Å²) in [5.41, 5.74) is 1.05. The lowest BCUT2D eigenvalue weighted by molar-refractivity contribution is 0.178. The van der Waals surface area contributed by atoms with Crippen molar-refractivity contribution >= 4 is 5.96 Å². The molecular formula is C19H37N5O. The molecule has 0 bridgehead atoms. The van der Waals surface area contributed by atoms with E-state index in [0.29, 0.717) is 24.5 Å². The second kappa shape index (κ2) is 11.1. The quantitative estimate of drug-likeness (QED) is 0.500.